The van der Waals surface area contributed by atoms with Crippen molar-refractivity contribution < 1.29 is 0 Å². The first-order valence-corrected chi connectivity index (χ1v) is 9.02. The topological polar surface area (TPSA) is 111 Å². The zero-order chi connectivity index (χ0) is 17.5. The molecule has 9 nitrogen and oxygen atoms in total. The van der Waals surface area contributed by atoms with Crippen molar-refractivity contribution in [2.45, 2.75) is 59.3 Å². The average Bonchev–Trinajstić information content (AvgIpc) is 2.59. The van der Waals surface area contributed by atoms with Gasteiger partial charge in [0.2, 0.25) is 17.8 Å². The summed E-state index contributed by atoms with van der Waals surface area (Å²) >= 11 is 0. The smallest absolute Gasteiger partial charge is 0.244 e. The molecule has 0 aromatic carbocycles. The molecule has 0 spiro atoms. The van der Waals surface area contributed by atoms with Gasteiger partial charge in [-0.1, -0.05) is 40.0 Å². The largest absolute Gasteiger partial charge is 0.289 e. The number of nitrogens with zero attached hydrogens (tertiary/aromatic N) is 3. The van der Waals surface area contributed by atoms with Crippen LogP contribution in [0.5, 0.6) is 0 Å². The molecule has 0 aliphatic carbocycles. The van der Waals surface area contributed by atoms with E-state index in [1.54, 1.807) is 0 Å². The zero-order valence-corrected chi connectivity index (χ0v) is 15.2. The molecule has 0 saturated heterocycles. The molecule has 1 aromatic heterocycles. The van der Waals surface area contributed by atoms with Crippen molar-refractivity contribution in [1.82, 2.24) is 31.2 Å². The zero-order valence-electron chi connectivity index (χ0n) is 15.2. The van der Waals surface area contributed by atoms with Crippen molar-refractivity contribution >= 4 is 17.8 Å². The molecule has 1 heterocycles. The summed E-state index contributed by atoms with van der Waals surface area (Å²) in [4.78, 5) is 13.0. The normalized spacial score (nSPS) is 10.6. The summed E-state index contributed by atoms with van der Waals surface area (Å²) in [6, 6.07) is 0. The Kier molecular flexibility index (Phi) is 11.6. The van der Waals surface area contributed by atoms with Gasteiger partial charge in [0.1, 0.15) is 0 Å². The Morgan fingerprint density at radius 3 is 1.08 bits per heavy atom. The Bertz CT molecular complexity index is 353. The van der Waals surface area contributed by atoms with E-state index >= 15 is 0 Å². The highest BCUT2D eigenvalue weighted by atomic mass is 15.5. The predicted molar refractivity (Wildman–Crippen MR) is 99.4 cm³/mol. The molecule has 1 rings (SSSR count). The first-order chi connectivity index (χ1) is 11.8. The van der Waals surface area contributed by atoms with E-state index in [9.17, 15) is 0 Å². The van der Waals surface area contributed by atoms with E-state index < -0.39 is 0 Å². The van der Waals surface area contributed by atoms with E-state index in [2.05, 4.69) is 68.3 Å². The van der Waals surface area contributed by atoms with E-state index in [0.717, 1.165) is 58.2 Å². The third-order valence-electron chi connectivity index (χ3n) is 3.20. The number of rotatable bonds is 15. The van der Waals surface area contributed by atoms with Gasteiger partial charge < -0.3 is 0 Å². The summed E-state index contributed by atoms with van der Waals surface area (Å²) in [5, 5.41) is 0. The third-order valence-corrected chi connectivity index (χ3v) is 3.20. The molecule has 24 heavy (non-hydrogen) atoms. The molecule has 138 valence electrons. The molecule has 0 aliphatic rings. The van der Waals surface area contributed by atoms with Crippen LogP contribution < -0.4 is 32.6 Å². The fourth-order valence-electron chi connectivity index (χ4n) is 1.76. The van der Waals surface area contributed by atoms with Gasteiger partial charge >= 0.3 is 0 Å². The maximum atomic E-state index is 4.34. The molecule has 0 amide bonds. The maximum absolute atomic E-state index is 4.34. The molecule has 0 aliphatic heterocycles. The summed E-state index contributed by atoms with van der Waals surface area (Å²) in [5.41, 5.74) is 18.4. The van der Waals surface area contributed by atoms with Crippen molar-refractivity contribution in [1.29, 1.82) is 0 Å². The van der Waals surface area contributed by atoms with E-state index in [1.807, 2.05) is 0 Å². The Morgan fingerprint density at radius 1 is 0.542 bits per heavy atom. The van der Waals surface area contributed by atoms with E-state index in [1.165, 1.54) is 0 Å². The quantitative estimate of drug-likeness (QED) is 0.211. The highest BCUT2D eigenvalue weighted by Crippen LogP contribution is 2.07. The minimum absolute atomic E-state index is 0.473. The average molecular weight is 339 g/mol. The molecule has 0 radical (unpaired) electrons. The highest BCUT2D eigenvalue weighted by Gasteiger charge is 2.05. The molecule has 1 aromatic rings. The maximum Gasteiger partial charge on any atom is 0.244 e. The lowest BCUT2D eigenvalue weighted by Crippen LogP contribution is -2.29. The van der Waals surface area contributed by atoms with Gasteiger partial charge in [-0.2, -0.15) is 15.0 Å². The first-order valence-electron chi connectivity index (χ1n) is 9.02. The summed E-state index contributed by atoms with van der Waals surface area (Å²) < 4.78 is 0. The monoisotopic (exact) mass is 339 g/mol. The van der Waals surface area contributed by atoms with E-state index in [4.69, 9.17) is 0 Å². The van der Waals surface area contributed by atoms with Gasteiger partial charge in [-0.05, 0) is 19.3 Å². The summed E-state index contributed by atoms with van der Waals surface area (Å²) in [5.74, 6) is 1.42. The highest BCUT2D eigenvalue weighted by molar-refractivity contribution is 5.40. The number of hydrogen-bond donors (Lipinski definition) is 6. The minimum Gasteiger partial charge on any atom is -0.289 e. The van der Waals surface area contributed by atoms with Crippen molar-refractivity contribution in [3.63, 3.8) is 0 Å². The number of nitrogens with one attached hydrogen (secondary N) is 6. The van der Waals surface area contributed by atoms with Gasteiger partial charge in [0.15, 0.2) is 0 Å². The summed E-state index contributed by atoms with van der Waals surface area (Å²) in [6.45, 7) is 9.03. The second-order valence-electron chi connectivity index (χ2n) is 5.52. The number of hydrogen-bond acceptors (Lipinski definition) is 9. The van der Waals surface area contributed by atoms with Crippen LogP contribution >= 0.6 is 0 Å². The van der Waals surface area contributed by atoms with Gasteiger partial charge in [-0.25, -0.2) is 16.3 Å². The van der Waals surface area contributed by atoms with Gasteiger partial charge in [-0.15, -0.1) is 0 Å². The van der Waals surface area contributed by atoms with Crippen LogP contribution in [0.1, 0.15) is 59.3 Å². The molecule has 6 N–H and O–H groups in total. The van der Waals surface area contributed by atoms with Crippen molar-refractivity contribution in [3.8, 4) is 0 Å². The number of hydrazine groups is 3. The van der Waals surface area contributed by atoms with Crippen molar-refractivity contribution in [2.24, 2.45) is 0 Å². The first kappa shape index (κ1) is 20.3. The van der Waals surface area contributed by atoms with Crippen LogP contribution in [0, 0.1) is 0 Å². The van der Waals surface area contributed by atoms with Crippen LogP contribution in [0.3, 0.4) is 0 Å². The molecule has 0 fully saturated rings. The molecule has 0 saturated carbocycles. The van der Waals surface area contributed by atoms with Gasteiger partial charge in [0.05, 0.1) is 0 Å². The SMILES string of the molecule is CCCCNNc1nc(NNCCCC)nc(NNCCCC)n1. The van der Waals surface area contributed by atoms with Crippen LogP contribution in [-0.2, 0) is 0 Å². The Balaban J connectivity index is 2.58. The Morgan fingerprint density at radius 2 is 0.833 bits per heavy atom. The van der Waals surface area contributed by atoms with Crippen molar-refractivity contribution in [2.75, 3.05) is 35.9 Å². The molecular weight excluding hydrogens is 306 g/mol. The van der Waals surface area contributed by atoms with Crippen LogP contribution in [-0.4, -0.2) is 34.6 Å². The second-order valence-corrected chi connectivity index (χ2v) is 5.52. The molecule has 9 heteroatoms. The molecule has 0 bridgehead atoms. The molecule has 0 unspecified atom stereocenters. The van der Waals surface area contributed by atoms with Crippen LogP contribution in [0.15, 0.2) is 0 Å². The number of unbranched alkanes of at least 4 members (excludes halogenated alkanes) is 3. The lowest BCUT2D eigenvalue weighted by molar-refractivity contribution is 0.683. The predicted octanol–water partition coefficient (Wildman–Crippen LogP) is 2.02. The summed E-state index contributed by atoms with van der Waals surface area (Å²) in [7, 11) is 0. The van der Waals surface area contributed by atoms with Crippen molar-refractivity contribution in [3.05, 3.63) is 0 Å². The fourth-order valence-corrected chi connectivity index (χ4v) is 1.76. The van der Waals surface area contributed by atoms with Crippen LogP contribution in [0.25, 0.3) is 0 Å². The van der Waals surface area contributed by atoms with E-state index in [-0.39, 0.29) is 0 Å². The lowest BCUT2D eigenvalue weighted by Gasteiger charge is -2.12. The Labute approximate surface area is 145 Å². The van der Waals surface area contributed by atoms with Crippen LogP contribution in [0.2, 0.25) is 0 Å². The number of anilines is 3. The molecular formula is C15H33N9. The van der Waals surface area contributed by atoms with Gasteiger partial charge in [0, 0.05) is 19.6 Å². The van der Waals surface area contributed by atoms with Crippen LogP contribution in [0.4, 0.5) is 17.8 Å². The van der Waals surface area contributed by atoms with E-state index in [0.29, 0.717) is 17.8 Å². The number of aromatic nitrogens is 3. The second kappa shape index (κ2) is 13.7. The minimum atomic E-state index is 0.473. The standard InChI is InChI=1S/C15H33N9/c1-4-7-10-16-22-13-19-14(23-17-11-8-5-2)21-15(20-13)24-18-12-9-6-3/h16-18H,4-12H2,1-3H3,(H3,19,20,21,22,23,24). The van der Waals surface area contributed by atoms with Gasteiger partial charge in [0.25, 0.3) is 0 Å². The summed E-state index contributed by atoms with van der Waals surface area (Å²) in [6.07, 6.45) is 6.67. The van der Waals surface area contributed by atoms with Gasteiger partial charge in [-0.3, -0.25) is 16.3 Å². The lowest BCUT2D eigenvalue weighted by atomic mass is 10.3. The third kappa shape index (κ3) is 9.43. The Hall–Kier alpha value is -1.71. The molecule has 0 atom stereocenters. The fraction of sp³-hybridized carbons (Fsp3) is 0.800.